The number of rotatable bonds is 23. The summed E-state index contributed by atoms with van der Waals surface area (Å²) in [6, 6.07) is 0. The summed E-state index contributed by atoms with van der Waals surface area (Å²) in [4.78, 5) is 23.4. The highest BCUT2D eigenvalue weighted by Gasteiger charge is 2.12. The first-order chi connectivity index (χ1) is 15.1. The van der Waals surface area contributed by atoms with Gasteiger partial charge in [-0.1, -0.05) is 110 Å². The summed E-state index contributed by atoms with van der Waals surface area (Å²) >= 11 is 0. The maximum atomic E-state index is 11.8. The van der Waals surface area contributed by atoms with Gasteiger partial charge in [0.05, 0.1) is 0 Å². The van der Waals surface area contributed by atoms with Crippen LogP contribution in [-0.2, 0) is 19.1 Å². The highest BCUT2D eigenvalue weighted by atomic mass is 16.6. The van der Waals surface area contributed by atoms with E-state index in [1.807, 2.05) is 0 Å². The Balaban J connectivity index is 3.41. The minimum absolute atomic E-state index is 0.110. The molecule has 0 spiro atoms. The van der Waals surface area contributed by atoms with E-state index in [2.05, 4.69) is 13.8 Å². The largest absolute Gasteiger partial charge is 0.463 e. The molecule has 0 rings (SSSR count). The first-order valence-electron chi connectivity index (χ1n) is 13.1. The quantitative estimate of drug-likeness (QED) is 0.138. The molecule has 0 aromatic heterocycles. The zero-order valence-corrected chi connectivity index (χ0v) is 20.5. The standard InChI is InChI=1S/C26H50O5/c1-3-5-7-9-10-11-12-13-14-15-17-19-21-26(29)31-23-24(27)22-30-25(28)20-18-16-8-6-4-2/h24,27H,3-23H2,1-2H3/t24-/m0/s1. The third-order valence-corrected chi connectivity index (χ3v) is 5.59. The number of aliphatic hydroxyl groups excluding tert-OH is 1. The van der Waals surface area contributed by atoms with Gasteiger partial charge in [-0.25, -0.2) is 0 Å². The number of aliphatic hydroxyl groups is 1. The number of ether oxygens (including phenoxy) is 2. The Morgan fingerprint density at radius 3 is 1.16 bits per heavy atom. The lowest BCUT2D eigenvalue weighted by molar-refractivity contribution is -0.152. The lowest BCUT2D eigenvalue weighted by atomic mass is 10.0. The molecule has 0 fully saturated rings. The molecule has 0 aromatic carbocycles. The van der Waals surface area contributed by atoms with Crippen molar-refractivity contribution < 1.29 is 24.2 Å². The summed E-state index contributed by atoms with van der Waals surface area (Å²) < 4.78 is 10.1. The van der Waals surface area contributed by atoms with Crippen molar-refractivity contribution in [1.82, 2.24) is 0 Å². The fraction of sp³-hybridized carbons (Fsp3) is 0.923. The second-order valence-electron chi connectivity index (χ2n) is 8.82. The van der Waals surface area contributed by atoms with Crippen molar-refractivity contribution >= 4 is 11.9 Å². The average Bonchev–Trinajstić information content (AvgIpc) is 2.76. The van der Waals surface area contributed by atoms with Crippen LogP contribution in [0.4, 0.5) is 0 Å². The summed E-state index contributed by atoms with van der Waals surface area (Å²) in [6.45, 7) is 4.18. The number of hydrogen-bond acceptors (Lipinski definition) is 5. The summed E-state index contributed by atoms with van der Waals surface area (Å²) in [6.07, 6.45) is 20.3. The molecule has 0 bridgehead atoms. The van der Waals surface area contributed by atoms with Gasteiger partial charge in [-0.15, -0.1) is 0 Å². The number of unbranched alkanes of at least 4 members (excludes halogenated alkanes) is 15. The van der Waals surface area contributed by atoms with Gasteiger partial charge in [-0.3, -0.25) is 9.59 Å². The first-order valence-corrected chi connectivity index (χ1v) is 13.1. The van der Waals surface area contributed by atoms with Crippen molar-refractivity contribution in [2.24, 2.45) is 0 Å². The van der Waals surface area contributed by atoms with Crippen molar-refractivity contribution in [1.29, 1.82) is 0 Å². The fourth-order valence-electron chi connectivity index (χ4n) is 3.55. The molecule has 1 N–H and O–H groups in total. The van der Waals surface area contributed by atoms with Gasteiger partial charge < -0.3 is 14.6 Å². The Hall–Kier alpha value is -1.10. The molecule has 0 heterocycles. The van der Waals surface area contributed by atoms with Gasteiger partial charge in [0.25, 0.3) is 0 Å². The van der Waals surface area contributed by atoms with Crippen LogP contribution in [0.2, 0.25) is 0 Å². The van der Waals surface area contributed by atoms with Gasteiger partial charge in [-0.2, -0.15) is 0 Å². The van der Waals surface area contributed by atoms with Crippen LogP contribution in [0.1, 0.15) is 136 Å². The fourth-order valence-corrected chi connectivity index (χ4v) is 3.55. The van der Waals surface area contributed by atoms with E-state index in [4.69, 9.17) is 9.47 Å². The minimum Gasteiger partial charge on any atom is -0.463 e. The van der Waals surface area contributed by atoms with E-state index in [1.165, 1.54) is 77.0 Å². The van der Waals surface area contributed by atoms with Crippen LogP contribution in [0.5, 0.6) is 0 Å². The van der Waals surface area contributed by atoms with E-state index in [-0.39, 0.29) is 25.2 Å². The molecule has 0 aliphatic rings. The maximum absolute atomic E-state index is 11.8. The SMILES string of the molecule is CCCCCCCCCCCCCCC(=O)OC[C@@H](O)COC(=O)CCCCCCC. The van der Waals surface area contributed by atoms with Crippen LogP contribution >= 0.6 is 0 Å². The lowest BCUT2D eigenvalue weighted by Crippen LogP contribution is -2.25. The third-order valence-electron chi connectivity index (χ3n) is 5.59. The first kappa shape index (κ1) is 29.9. The molecule has 0 saturated carbocycles. The molecule has 5 heteroatoms. The smallest absolute Gasteiger partial charge is 0.305 e. The number of hydrogen-bond donors (Lipinski definition) is 1. The zero-order chi connectivity index (χ0) is 23.0. The summed E-state index contributed by atoms with van der Waals surface area (Å²) in [5.41, 5.74) is 0. The summed E-state index contributed by atoms with van der Waals surface area (Å²) in [5.74, 6) is -0.577. The van der Waals surface area contributed by atoms with Gasteiger partial charge in [0.15, 0.2) is 0 Å². The Kier molecular flexibility index (Phi) is 22.7. The summed E-state index contributed by atoms with van der Waals surface area (Å²) in [7, 11) is 0. The van der Waals surface area contributed by atoms with Crippen molar-refractivity contribution in [3.05, 3.63) is 0 Å². The molecule has 0 unspecified atom stereocenters. The lowest BCUT2D eigenvalue weighted by Gasteiger charge is -2.12. The molecular formula is C26H50O5. The molecule has 31 heavy (non-hydrogen) atoms. The topological polar surface area (TPSA) is 72.8 Å². The van der Waals surface area contributed by atoms with Gasteiger partial charge in [0.1, 0.15) is 19.3 Å². The normalized spacial score (nSPS) is 12.0. The summed E-state index contributed by atoms with van der Waals surface area (Å²) in [5, 5.41) is 9.81. The van der Waals surface area contributed by atoms with E-state index in [0.717, 1.165) is 32.1 Å². The van der Waals surface area contributed by atoms with Gasteiger partial charge in [0, 0.05) is 12.8 Å². The van der Waals surface area contributed by atoms with Crippen LogP contribution in [-0.4, -0.2) is 36.4 Å². The maximum Gasteiger partial charge on any atom is 0.305 e. The minimum atomic E-state index is -0.949. The van der Waals surface area contributed by atoms with Crippen molar-refractivity contribution in [2.75, 3.05) is 13.2 Å². The highest BCUT2D eigenvalue weighted by molar-refractivity contribution is 5.69. The zero-order valence-electron chi connectivity index (χ0n) is 20.5. The van der Waals surface area contributed by atoms with Gasteiger partial charge in [-0.05, 0) is 12.8 Å². The Bertz CT molecular complexity index is 411. The molecule has 0 aromatic rings. The Labute approximate surface area is 191 Å². The third kappa shape index (κ3) is 23.4. The molecule has 0 aliphatic carbocycles. The van der Waals surface area contributed by atoms with E-state index < -0.39 is 6.10 Å². The molecule has 1 atom stereocenters. The van der Waals surface area contributed by atoms with Crippen LogP contribution in [0.25, 0.3) is 0 Å². The molecule has 0 aliphatic heterocycles. The van der Waals surface area contributed by atoms with Gasteiger partial charge in [0.2, 0.25) is 0 Å². The number of carbonyl (C=O) groups is 2. The molecule has 0 saturated heterocycles. The molecule has 184 valence electrons. The van der Waals surface area contributed by atoms with Crippen molar-refractivity contribution in [2.45, 2.75) is 142 Å². The predicted molar refractivity (Wildman–Crippen MR) is 127 cm³/mol. The Morgan fingerprint density at radius 2 is 0.839 bits per heavy atom. The molecule has 0 amide bonds. The second-order valence-corrected chi connectivity index (χ2v) is 8.82. The number of carbonyl (C=O) groups excluding carboxylic acids is 2. The van der Waals surface area contributed by atoms with E-state index in [9.17, 15) is 14.7 Å². The second kappa shape index (κ2) is 23.6. The van der Waals surface area contributed by atoms with E-state index in [0.29, 0.717) is 12.8 Å². The predicted octanol–water partition coefficient (Wildman–Crippen LogP) is 6.89. The molecular weight excluding hydrogens is 392 g/mol. The molecule has 0 radical (unpaired) electrons. The monoisotopic (exact) mass is 442 g/mol. The average molecular weight is 443 g/mol. The van der Waals surface area contributed by atoms with Crippen LogP contribution in [0, 0.1) is 0 Å². The van der Waals surface area contributed by atoms with E-state index in [1.54, 1.807) is 0 Å². The Morgan fingerprint density at radius 1 is 0.548 bits per heavy atom. The van der Waals surface area contributed by atoms with Crippen LogP contribution in [0.15, 0.2) is 0 Å². The number of esters is 2. The van der Waals surface area contributed by atoms with Crippen molar-refractivity contribution in [3.8, 4) is 0 Å². The van der Waals surface area contributed by atoms with Crippen LogP contribution < -0.4 is 0 Å². The van der Waals surface area contributed by atoms with E-state index >= 15 is 0 Å². The van der Waals surface area contributed by atoms with Crippen molar-refractivity contribution in [3.63, 3.8) is 0 Å². The van der Waals surface area contributed by atoms with Crippen LogP contribution in [0.3, 0.4) is 0 Å². The molecule has 5 nitrogen and oxygen atoms in total. The van der Waals surface area contributed by atoms with Gasteiger partial charge >= 0.3 is 11.9 Å². The highest BCUT2D eigenvalue weighted by Crippen LogP contribution is 2.12.